The summed E-state index contributed by atoms with van der Waals surface area (Å²) in [7, 11) is 1.31. The summed E-state index contributed by atoms with van der Waals surface area (Å²) < 4.78 is 23.2. The van der Waals surface area contributed by atoms with E-state index in [1.807, 2.05) is 45.7 Å². The molecule has 1 fully saturated rings. The average molecular weight is 393 g/mol. The lowest BCUT2D eigenvalue weighted by Gasteiger charge is -2.32. The molecule has 1 aromatic rings. The van der Waals surface area contributed by atoms with Crippen LogP contribution in [0.5, 0.6) is 5.75 Å². The van der Waals surface area contributed by atoms with Gasteiger partial charge >= 0.3 is 13.1 Å². The maximum Gasteiger partial charge on any atom is 0.494 e. The molecule has 1 aliphatic heterocycles. The minimum Gasteiger partial charge on any atom is -0.492 e. The average Bonchev–Trinajstić information content (AvgIpc) is 2.83. The van der Waals surface area contributed by atoms with Crippen molar-refractivity contribution >= 4 is 18.6 Å². The van der Waals surface area contributed by atoms with Crippen molar-refractivity contribution in [1.82, 2.24) is 4.90 Å². The van der Waals surface area contributed by atoms with Crippen LogP contribution in [0.15, 0.2) is 18.2 Å². The number of ether oxygens (including phenoxy) is 2. The Hall–Kier alpha value is -1.61. The molecular weight excluding hydrogens is 361 g/mol. The third-order valence-corrected chi connectivity index (χ3v) is 5.19. The van der Waals surface area contributed by atoms with Gasteiger partial charge in [0.15, 0.2) is 0 Å². The maximum absolute atomic E-state index is 12.3. The molecule has 28 heavy (non-hydrogen) atoms. The number of carbonyl (C=O) groups is 1. The minimum absolute atomic E-state index is 0.0981. The van der Waals surface area contributed by atoms with E-state index in [1.165, 1.54) is 0 Å². The van der Waals surface area contributed by atoms with Gasteiger partial charge in [0.25, 0.3) is 0 Å². The van der Waals surface area contributed by atoms with Gasteiger partial charge in [-0.25, -0.2) is 4.79 Å². The van der Waals surface area contributed by atoms with Crippen LogP contribution in [0, 0.1) is 0 Å². The van der Waals surface area contributed by atoms with E-state index < -0.39 is 24.3 Å². The lowest BCUT2D eigenvalue weighted by molar-refractivity contribution is 0.00578. The molecule has 1 N–H and O–H groups in total. The molecule has 0 atom stereocenters. The maximum atomic E-state index is 12.3. The molecule has 0 bridgehead atoms. The summed E-state index contributed by atoms with van der Waals surface area (Å²) in [6.07, 6.45) is 0. The third kappa shape index (κ3) is 5.47. The van der Waals surface area contributed by atoms with Gasteiger partial charge in [-0.2, -0.15) is 0 Å². The highest BCUT2D eigenvalue weighted by Gasteiger charge is 2.51. The zero-order valence-corrected chi connectivity index (χ0v) is 17.8. The fourth-order valence-corrected chi connectivity index (χ4v) is 2.75. The van der Waals surface area contributed by atoms with E-state index in [9.17, 15) is 4.79 Å². The summed E-state index contributed by atoms with van der Waals surface area (Å²) >= 11 is 0. The first-order valence-electron chi connectivity index (χ1n) is 9.69. The molecule has 0 amide bonds. The zero-order valence-electron chi connectivity index (χ0n) is 17.8. The number of esters is 1. The Bertz CT molecular complexity index is 663. The van der Waals surface area contributed by atoms with Gasteiger partial charge in [-0.15, -0.1) is 0 Å². The Labute approximate surface area is 168 Å². The summed E-state index contributed by atoms with van der Waals surface area (Å²) in [6, 6.07) is 5.22. The molecular formula is C20H32BNO6. The molecule has 1 saturated heterocycles. The van der Waals surface area contributed by atoms with Gasteiger partial charge in [0.2, 0.25) is 0 Å². The van der Waals surface area contributed by atoms with Crippen LogP contribution in [0.4, 0.5) is 0 Å². The summed E-state index contributed by atoms with van der Waals surface area (Å²) in [5.74, 6) is 0.135. The van der Waals surface area contributed by atoms with E-state index in [0.29, 0.717) is 43.1 Å². The molecule has 0 aliphatic carbocycles. The summed E-state index contributed by atoms with van der Waals surface area (Å²) in [6.45, 7) is 11.7. The zero-order chi connectivity index (χ0) is 20.9. The number of hydrogen-bond donors (Lipinski definition) is 1. The predicted octanol–water partition coefficient (Wildman–Crippen LogP) is 1.47. The van der Waals surface area contributed by atoms with Crippen molar-refractivity contribution in [3.05, 3.63) is 23.8 Å². The van der Waals surface area contributed by atoms with Crippen molar-refractivity contribution in [3.63, 3.8) is 0 Å². The number of aliphatic hydroxyl groups is 1. The van der Waals surface area contributed by atoms with E-state index in [-0.39, 0.29) is 6.61 Å². The second kappa shape index (κ2) is 9.26. The van der Waals surface area contributed by atoms with Crippen molar-refractivity contribution in [2.45, 2.75) is 45.8 Å². The molecule has 0 saturated carbocycles. The largest absolute Gasteiger partial charge is 0.494 e. The van der Waals surface area contributed by atoms with E-state index >= 15 is 0 Å². The molecule has 7 nitrogen and oxygen atoms in total. The van der Waals surface area contributed by atoms with Crippen LogP contribution < -0.4 is 10.2 Å². The summed E-state index contributed by atoms with van der Waals surface area (Å²) in [4.78, 5) is 14.3. The standard InChI is InChI=1S/C20H32BNO6/c1-7-25-18(24)15-12-16(21-27-19(2,3)20(4,5)28-21)14-17(13-15)26-11-9-22(6)8-10-23/h12-14,23H,7-11H2,1-6H3. The highest BCUT2D eigenvalue weighted by molar-refractivity contribution is 6.62. The molecule has 0 aromatic heterocycles. The number of hydrogen-bond acceptors (Lipinski definition) is 7. The van der Waals surface area contributed by atoms with Gasteiger partial charge in [0.05, 0.1) is 30.0 Å². The fourth-order valence-electron chi connectivity index (χ4n) is 2.75. The van der Waals surface area contributed by atoms with Crippen LogP contribution in [0.2, 0.25) is 0 Å². The number of carbonyl (C=O) groups excluding carboxylic acids is 1. The topological polar surface area (TPSA) is 77.5 Å². The van der Waals surface area contributed by atoms with Crippen molar-refractivity contribution in [2.24, 2.45) is 0 Å². The number of rotatable bonds is 9. The smallest absolute Gasteiger partial charge is 0.492 e. The van der Waals surface area contributed by atoms with E-state index in [0.717, 1.165) is 0 Å². The Balaban J connectivity index is 2.22. The normalized spacial score (nSPS) is 17.8. The van der Waals surface area contributed by atoms with Gasteiger partial charge in [0.1, 0.15) is 12.4 Å². The third-order valence-electron chi connectivity index (χ3n) is 5.19. The van der Waals surface area contributed by atoms with Crippen molar-refractivity contribution < 1.29 is 28.7 Å². The number of benzene rings is 1. The van der Waals surface area contributed by atoms with Crippen molar-refractivity contribution in [3.8, 4) is 5.75 Å². The Morgan fingerprint density at radius 1 is 1.14 bits per heavy atom. The predicted molar refractivity (Wildman–Crippen MR) is 108 cm³/mol. The Kier molecular flexibility index (Phi) is 7.50. The molecule has 0 unspecified atom stereocenters. The van der Waals surface area contributed by atoms with Gasteiger partial charge < -0.3 is 28.8 Å². The van der Waals surface area contributed by atoms with Crippen LogP contribution in [-0.2, 0) is 14.0 Å². The second-order valence-electron chi connectivity index (χ2n) is 7.97. The van der Waals surface area contributed by atoms with Crippen molar-refractivity contribution in [1.29, 1.82) is 0 Å². The number of aliphatic hydroxyl groups excluding tert-OH is 1. The quantitative estimate of drug-likeness (QED) is 0.503. The molecule has 1 heterocycles. The first-order chi connectivity index (χ1) is 13.1. The molecule has 2 rings (SSSR count). The number of nitrogens with zero attached hydrogens (tertiary/aromatic N) is 1. The monoisotopic (exact) mass is 393 g/mol. The van der Waals surface area contributed by atoms with Gasteiger partial charge in [-0.3, -0.25) is 0 Å². The lowest BCUT2D eigenvalue weighted by atomic mass is 9.78. The van der Waals surface area contributed by atoms with Crippen LogP contribution in [-0.4, -0.2) is 74.3 Å². The van der Waals surface area contributed by atoms with E-state index in [1.54, 1.807) is 19.1 Å². The fraction of sp³-hybridized carbons (Fsp3) is 0.650. The van der Waals surface area contributed by atoms with Crippen molar-refractivity contribution in [2.75, 3.05) is 40.0 Å². The summed E-state index contributed by atoms with van der Waals surface area (Å²) in [5.41, 5.74) is 0.146. The molecule has 1 aliphatic rings. The van der Waals surface area contributed by atoms with E-state index in [2.05, 4.69) is 0 Å². The van der Waals surface area contributed by atoms with Gasteiger partial charge in [0, 0.05) is 13.1 Å². The lowest BCUT2D eigenvalue weighted by Crippen LogP contribution is -2.41. The first kappa shape index (κ1) is 22.7. The van der Waals surface area contributed by atoms with Crippen LogP contribution in [0.1, 0.15) is 45.0 Å². The molecule has 156 valence electrons. The van der Waals surface area contributed by atoms with Gasteiger partial charge in [-0.05, 0) is 65.3 Å². The Morgan fingerprint density at radius 2 is 1.79 bits per heavy atom. The second-order valence-corrected chi connectivity index (χ2v) is 7.97. The van der Waals surface area contributed by atoms with E-state index in [4.69, 9.17) is 23.9 Å². The Morgan fingerprint density at radius 3 is 2.36 bits per heavy atom. The summed E-state index contributed by atoms with van der Waals surface area (Å²) in [5, 5.41) is 8.98. The SMILES string of the molecule is CCOC(=O)c1cc(OCCN(C)CCO)cc(B2OC(C)(C)C(C)(C)O2)c1. The molecule has 0 radical (unpaired) electrons. The highest BCUT2D eigenvalue weighted by Crippen LogP contribution is 2.36. The molecule has 1 aromatic carbocycles. The minimum atomic E-state index is -0.598. The first-order valence-corrected chi connectivity index (χ1v) is 9.69. The van der Waals surface area contributed by atoms with Crippen LogP contribution in [0.3, 0.4) is 0 Å². The van der Waals surface area contributed by atoms with Gasteiger partial charge in [-0.1, -0.05) is 0 Å². The molecule has 8 heteroatoms. The molecule has 0 spiro atoms. The van der Waals surface area contributed by atoms with Crippen LogP contribution >= 0.6 is 0 Å². The number of likely N-dealkylation sites (N-methyl/N-ethyl adjacent to an activating group) is 1. The van der Waals surface area contributed by atoms with Crippen LogP contribution in [0.25, 0.3) is 0 Å². The highest BCUT2D eigenvalue weighted by atomic mass is 16.7.